The highest BCUT2D eigenvalue weighted by Crippen LogP contribution is 2.29. The van der Waals surface area contributed by atoms with Gasteiger partial charge in [-0.05, 0) is 25.0 Å². The van der Waals surface area contributed by atoms with E-state index in [-0.39, 0.29) is 0 Å². The first-order valence-corrected chi connectivity index (χ1v) is 4.95. The molecule has 1 aromatic carbocycles. The number of hydrogen-bond acceptors (Lipinski definition) is 2. The Labute approximate surface area is 89.5 Å². The molecule has 0 saturated heterocycles. The number of nitrogen functional groups attached to an aromatic ring is 1. The van der Waals surface area contributed by atoms with E-state index < -0.39 is 0 Å². The van der Waals surface area contributed by atoms with Gasteiger partial charge in [-0.25, -0.2) is 0 Å². The summed E-state index contributed by atoms with van der Waals surface area (Å²) in [6, 6.07) is 6.23. The van der Waals surface area contributed by atoms with E-state index in [1.54, 1.807) is 6.20 Å². The molecule has 3 heteroatoms. The smallest absolute Gasteiger partial charge is 0.0911 e. The van der Waals surface area contributed by atoms with Crippen molar-refractivity contribution in [3.05, 3.63) is 35.5 Å². The Morgan fingerprint density at radius 1 is 1.27 bits per heavy atom. The summed E-state index contributed by atoms with van der Waals surface area (Å²) < 4.78 is 1.82. The van der Waals surface area contributed by atoms with Gasteiger partial charge in [-0.1, -0.05) is 18.2 Å². The zero-order chi connectivity index (χ0) is 11.0. The lowest BCUT2D eigenvalue weighted by Gasteiger charge is -2.09. The van der Waals surface area contributed by atoms with Crippen molar-refractivity contribution >= 4 is 5.69 Å². The molecule has 2 rings (SSSR count). The number of nitrogens with zero attached hydrogens (tertiary/aromatic N) is 2. The third-order valence-electron chi connectivity index (χ3n) is 2.83. The lowest BCUT2D eigenvalue weighted by molar-refractivity contribution is 0.775. The summed E-state index contributed by atoms with van der Waals surface area (Å²) in [7, 11) is 1.91. The minimum atomic E-state index is 0.728. The number of aromatic nitrogens is 2. The summed E-state index contributed by atoms with van der Waals surface area (Å²) in [6.45, 7) is 4.21. The number of rotatable bonds is 1. The van der Waals surface area contributed by atoms with Gasteiger partial charge in [-0.15, -0.1) is 0 Å². The van der Waals surface area contributed by atoms with Gasteiger partial charge in [-0.2, -0.15) is 5.10 Å². The Hall–Kier alpha value is -1.77. The lowest BCUT2D eigenvalue weighted by atomic mass is 10.0. The third-order valence-corrected chi connectivity index (χ3v) is 2.83. The fourth-order valence-corrected chi connectivity index (χ4v) is 1.79. The van der Waals surface area contributed by atoms with Crippen LogP contribution in [0.1, 0.15) is 11.1 Å². The predicted octanol–water partition coefficient (Wildman–Crippen LogP) is 2.29. The maximum absolute atomic E-state index is 5.91. The minimum absolute atomic E-state index is 0.728. The van der Waals surface area contributed by atoms with Crippen molar-refractivity contribution in [2.75, 3.05) is 5.73 Å². The maximum atomic E-state index is 5.91. The molecule has 0 fully saturated rings. The molecule has 0 radical (unpaired) electrons. The van der Waals surface area contributed by atoms with Crippen LogP contribution in [-0.2, 0) is 7.05 Å². The Kier molecular flexibility index (Phi) is 2.23. The molecule has 0 spiro atoms. The molecular weight excluding hydrogens is 186 g/mol. The molecule has 0 aliphatic heterocycles. The van der Waals surface area contributed by atoms with E-state index in [0.29, 0.717) is 0 Å². The molecule has 0 aliphatic rings. The first-order valence-electron chi connectivity index (χ1n) is 4.95. The van der Waals surface area contributed by atoms with E-state index in [1.165, 1.54) is 11.1 Å². The minimum Gasteiger partial charge on any atom is -0.396 e. The quantitative estimate of drug-likeness (QED) is 0.769. The Bertz CT molecular complexity index is 478. The lowest BCUT2D eigenvalue weighted by Crippen LogP contribution is -1.98. The number of anilines is 1. The number of nitrogens with two attached hydrogens (primary N) is 1. The number of benzene rings is 1. The van der Waals surface area contributed by atoms with Gasteiger partial charge < -0.3 is 5.73 Å². The zero-order valence-corrected chi connectivity index (χ0v) is 9.28. The van der Waals surface area contributed by atoms with Crippen molar-refractivity contribution in [1.82, 2.24) is 9.78 Å². The monoisotopic (exact) mass is 201 g/mol. The second-order valence-corrected chi connectivity index (χ2v) is 3.82. The van der Waals surface area contributed by atoms with Crippen molar-refractivity contribution in [2.45, 2.75) is 13.8 Å². The molecule has 0 unspecified atom stereocenters. The van der Waals surface area contributed by atoms with Crippen molar-refractivity contribution < 1.29 is 0 Å². The molecule has 2 aromatic rings. The molecule has 0 saturated carbocycles. The van der Waals surface area contributed by atoms with E-state index in [4.69, 9.17) is 5.73 Å². The summed E-state index contributed by atoms with van der Waals surface area (Å²) in [4.78, 5) is 0. The van der Waals surface area contributed by atoms with Crippen LogP contribution in [0.15, 0.2) is 24.4 Å². The second-order valence-electron chi connectivity index (χ2n) is 3.82. The van der Waals surface area contributed by atoms with E-state index in [2.05, 4.69) is 31.1 Å². The van der Waals surface area contributed by atoms with E-state index in [0.717, 1.165) is 16.9 Å². The molecule has 0 amide bonds. The van der Waals surface area contributed by atoms with Gasteiger partial charge in [0.2, 0.25) is 0 Å². The molecular formula is C12H15N3. The standard InChI is InChI=1S/C12H15N3/c1-8-5-4-6-10(9(8)2)12-11(13)7-14-15(12)3/h4-7H,13H2,1-3H3. The number of aryl methyl sites for hydroxylation is 2. The zero-order valence-electron chi connectivity index (χ0n) is 9.28. The van der Waals surface area contributed by atoms with Gasteiger partial charge in [0.15, 0.2) is 0 Å². The summed E-state index contributed by atoms with van der Waals surface area (Å²) in [5.41, 5.74) is 11.3. The average Bonchev–Trinajstić information content (AvgIpc) is 2.52. The van der Waals surface area contributed by atoms with E-state index >= 15 is 0 Å². The first kappa shape index (κ1) is 9.77. The molecule has 1 aromatic heterocycles. The van der Waals surface area contributed by atoms with Gasteiger partial charge in [-0.3, -0.25) is 4.68 Å². The summed E-state index contributed by atoms with van der Waals surface area (Å²) >= 11 is 0. The van der Waals surface area contributed by atoms with Crippen LogP contribution < -0.4 is 5.73 Å². The fourth-order valence-electron chi connectivity index (χ4n) is 1.79. The van der Waals surface area contributed by atoms with Crippen LogP contribution in [0.2, 0.25) is 0 Å². The van der Waals surface area contributed by atoms with E-state index in [9.17, 15) is 0 Å². The topological polar surface area (TPSA) is 43.8 Å². The number of hydrogen-bond donors (Lipinski definition) is 1. The molecule has 15 heavy (non-hydrogen) atoms. The van der Waals surface area contributed by atoms with Gasteiger partial charge in [0.1, 0.15) is 0 Å². The van der Waals surface area contributed by atoms with Crippen LogP contribution >= 0.6 is 0 Å². The van der Waals surface area contributed by atoms with Crippen LogP contribution in [0.3, 0.4) is 0 Å². The van der Waals surface area contributed by atoms with Gasteiger partial charge in [0.25, 0.3) is 0 Å². The molecule has 0 aliphatic carbocycles. The SMILES string of the molecule is Cc1cccc(-c2c(N)cnn2C)c1C. The highest BCUT2D eigenvalue weighted by Gasteiger charge is 2.11. The Balaban J connectivity index is 2.69. The predicted molar refractivity (Wildman–Crippen MR) is 62.5 cm³/mol. The van der Waals surface area contributed by atoms with Crippen molar-refractivity contribution in [3.8, 4) is 11.3 Å². The Morgan fingerprint density at radius 3 is 2.60 bits per heavy atom. The average molecular weight is 201 g/mol. The van der Waals surface area contributed by atoms with Crippen molar-refractivity contribution in [2.24, 2.45) is 7.05 Å². The summed E-state index contributed by atoms with van der Waals surface area (Å²) in [6.07, 6.45) is 1.69. The first-order chi connectivity index (χ1) is 7.11. The highest BCUT2D eigenvalue weighted by molar-refractivity contribution is 5.75. The molecule has 0 atom stereocenters. The van der Waals surface area contributed by atoms with Gasteiger partial charge in [0, 0.05) is 12.6 Å². The van der Waals surface area contributed by atoms with Crippen LogP contribution in [0.25, 0.3) is 11.3 Å². The van der Waals surface area contributed by atoms with E-state index in [1.807, 2.05) is 17.8 Å². The molecule has 2 N–H and O–H groups in total. The Morgan fingerprint density at radius 2 is 2.00 bits per heavy atom. The second kappa shape index (κ2) is 3.42. The fraction of sp³-hybridized carbons (Fsp3) is 0.250. The van der Waals surface area contributed by atoms with Crippen LogP contribution in [0, 0.1) is 13.8 Å². The van der Waals surface area contributed by atoms with Gasteiger partial charge >= 0.3 is 0 Å². The molecule has 1 heterocycles. The maximum Gasteiger partial charge on any atom is 0.0911 e. The molecule has 78 valence electrons. The van der Waals surface area contributed by atoms with Crippen molar-refractivity contribution in [3.63, 3.8) is 0 Å². The third kappa shape index (κ3) is 1.50. The van der Waals surface area contributed by atoms with Crippen LogP contribution in [-0.4, -0.2) is 9.78 Å². The highest BCUT2D eigenvalue weighted by atomic mass is 15.3. The summed E-state index contributed by atoms with van der Waals surface area (Å²) in [5.74, 6) is 0. The van der Waals surface area contributed by atoms with Crippen LogP contribution in [0.5, 0.6) is 0 Å². The molecule has 3 nitrogen and oxygen atoms in total. The largest absolute Gasteiger partial charge is 0.396 e. The van der Waals surface area contributed by atoms with Gasteiger partial charge in [0.05, 0.1) is 17.6 Å². The van der Waals surface area contributed by atoms with Crippen LogP contribution in [0.4, 0.5) is 5.69 Å². The molecule has 0 bridgehead atoms. The van der Waals surface area contributed by atoms with Crippen molar-refractivity contribution in [1.29, 1.82) is 0 Å². The normalized spacial score (nSPS) is 10.6. The summed E-state index contributed by atoms with van der Waals surface area (Å²) in [5, 5.41) is 4.15.